The van der Waals surface area contributed by atoms with Crippen molar-refractivity contribution in [2.45, 2.75) is 32.4 Å². The average molecular weight is 456 g/mol. The first-order valence-corrected chi connectivity index (χ1v) is 11.4. The van der Waals surface area contributed by atoms with E-state index in [0.717, 1.165) is 33.3 Å². The number of fused-ring (bicyclic) bond motifs is 1. The van der Waals surface area contributed by atoms with Crippen LogP contribution in [0.25, 0.3) is 10.9 Å². The fourth-order valence-electron chi connectivity index (χ4n) is 3.92. The highest BCUT2D eigenvalue weighted by molar-refractivity contribution is 5.89. The molecule has 4 rings (SSSR count). The zero-order chi connectivity index (χ0) is 23.8. The fraction of sp³-hybridized carbons (Fsp3) is 0.214. The van der Waals surface area contributed by atoms with Gasteiger partial charge in [0.05, 0.1) is 0 Å². The van der Waals surface area contributed by atoms with Gasteiger partial charge in [-0.15, -0.1) is 0 Å². The summed E-state index contributed by atoms with van der Waals surface area (Å²) in [5.74, 6) is 0.385. The number of aromatic amines is 1. The van der Waals surface area contributed by atoms with Crippen molar-refractivity contribution in [1.82, 2.24) is 15.6 Å². The Kier molecular flexibility index (Phi) is 7.60. The summed E-state index contributed by atoms with van der Waals surface area (Å²) in [7, 11) is 0. The summed E-state index contributed by atoms with van der Waals surface area (Å²) in [5, 5.41) is 6.80. The number of aromatic nitrogens is 1. The predicted octanol–water partition coefficient (Wildman–Crippen LogP) is 4.15. The molecule has 6 nitrogen and oxygen atoms in total. The molecular formula is C28H29N3O3. The lowest BCUT2D eigenvalue weighted by atomic mass is 10.0. The molecule has 3 N–H and O–H groups in total. The van der Waals surface area contributed by atoms with Crippen molar-refractivity contribution in [3.8, 4) is 5.75 Å². The van der Waals surface area contributed by atoms with E-state index < -0.39 is 6.04 Å². The molecule has 0 radical (unpaired) electrons. The number of hydrogen-bond acceptors (Lipinski definition) is 3. The number of para-hydroxylation sites is 1. The number of benzene rings is 3. The van der Waals surface area contributed by atoms with Gasteiger partial charge in [-0.25, -0.2) is 0 Å². The Morgan fingerprint density at radius 2 is 1.65 bits per heavy atom. The summed E-state index contributed by atoms with van der Waals surface area (Å²) in [6.45, 7) is 2.43. The average Bonchev–Trinajstić information content (AvgIpc) is 3.26. The van der Waals surface area contributed by atoms with Crippen LogP contribution in [0.4, 0.5) is 0 Å². The maximum absolute atomic E-state index is 12.8. The number of carbonyl (C=O) groups is 2. The number of nitrogens with one attached hydrogen (secondary N) is 3. The van der Waals surface area contributed by atoms with Crippen LogP contribution in [0.1, 0.15) is 23.6 Å². The first kappa shape index (κ1) is 23.1. The van der Waals surface area contributed by atoms with Crippen LogP contribution in [0, 0.1) is 0 Å². The molecule has 0 saturated carbocycles. The molecule has 6 heteroatoms. The van der Waals surface area contributed by atoms with Crippen molar-refractivity contribution in [3.63, 3.8) is 0 Å². The van der Waals surface area contributed by atoms with Gasteiger partial charge in [-0.05, 0) is 41.3 Å². The van der Waals surface area contributed by atoms with Crippen LogP contribution in [0.2, 0.25) is 0 Å². The molecule has 1 unspecified atom stereocenters. The topological polar surface area (TPSA) is 83.2 Å². The lowest BCUT2D eigenvalue weighted by Crippen LogP contribution is -2.47. The van der Waals surface area contributed by atoms with E-state index in [-0.39, 0.29) is 11.8 Å². The number of rotatable bonds is 10. The zero-order valence-corrected chi connectivity index (χ0v) is 19.2. The van der Waals surface area contributed by atoms with Crippen molar-refractivity contribution < 1.29 is 14.3 Å². The minimum Gasteiger partial charge on any atom is -0.489 e. The van der Waals surface area contributed by atoms with Crippen LogP contribution >= 0.6 is 0 Å². The van der Waals surface area contributed by atoms with E-state index in [2.05, 4.69) is 15.6 Å². The second-order valence-electron chi connectivity index (χ2n) is 8.28. The SMILES string of the molecule is CC(=O)NC(Cc1c[nH]c2ccccc12)C(=O)NCCc1ccc(OCc2ccccc2)cc1. The third-order valence-corrected chi connectivity index (χ3v) is 5.68. The molecule has 174 valence electrons. The molecule has 0 aliphatic carbocycles. The van der Waals surface area contributed by atoms with E-state index >= 15 is 0 Å². The Labute approximate surface area is 199 Å². The maximum Gasteiger partial charge on any atom is 0.242 e. The van der Waals surface area contributed by atoms with E-state index in [9.17, 15) is 9.59 Å². The van der Waals surface area contributed by atoms with Gasteiger partial charge in [-0.3, -0.25) is 9.59 Å². The van der Waals surface area contributed by atoms with Gasteiger partial charge < -0.3 is 20.4 Å². The molecule has 0 bridgehead atoms. The van der Waals surface area contributed by atoms with Crippen molar-refractivity contribution in [3.05, 3.63) is 102 Å². The molecule has 4 aromatic rings. The van der Waals surface area contributed by atoms with Crippen LogP contribution < -0.4 is 15.4 Å². The van der Waals surface area contributed by atoms with Crippen molar-refractivity contribution in [1.29, 1.82) is 0 Å². The minimum atomic E-state index is -0.634. The molecule has 0 aliphatic rings. The summed E-state index contributed by atoms with van der Waals surface area (Å²) in [5.41, 5.74) is 4.22. The Hall–Kier alpha value is -4.06. The van der Waals surface area contributed by atoms with Gasteiger partial charge in [-0.2, -0.15) is 0 Å². The van der Waals surface area contributed by atoms with E-state index in [0.29, 0.717) is 26.0 Å². The summed E-state index contributed by atoms with van der Waals surface area (Å²) >= 11 is 0. The third-order valence-electron chi connectivity index (χ3n) is 5.68. The van der Waals surface area contributed by atoms with Gasteiger partial charge in [0.2, 0.25) is 11.8 Å². The maximum atomic E-state index is 12.8. The van der Waals surface area contributed by atoms with E-state index in [1.807, 2.05) is 85.1 Å². The molecule has 1 aromatic heterocycles. The summed E-state index contributed by atoms with van der Waals surface area (Å²) < 4.78 is 5.83. The Morgan fingerprint density at radius 1 is 0.912 bits per heavy atom. The highest BCUT2D eigenvalue weighted by Gasteiger charge is 2.21. The standard InChI is InChI=1S/C28H29N3O3/c1-20(32)31-27(17-23-18-30-26-10-6-5-9-25(23)26)28(33)29-16-15-21-11-13-24(14-12-21)34-19-22-7-3-2-4-8-22/h2-14,18,27,30H,15-17,19H2,1H3,(H,29,33)(H,31,32). The van der Waals surface area contributed by atoms with Crippen LogP contribution in [-0.4, -0.2) is 29.4 Å². The van der Waals surface area contributed by atoms with Crippen LogP contribution in [0.15, 0.2) is 85.1 Å². The monoisotopic (exact) mass is 455 g/mol. The van der Waals surface area contributed by atoms with Gasteiger partial charge in [0.1, 0.15) is 18.4 Å². The van der Waals surface area contributed by atoms with Gasteiger partial charge in [0.15, 0.2) is 0 Å². The Balaban J connectivity index is 1.29. The summed E-state index contributed by atoms with van der Waals surface area (Å²) in [6.07, 6.45) is 3.00. The van der Waals surface area contributed by atoms with Gasteiger partial charge in [-0.1, -0.05) is 60.7 Å². The van der Waals surface area contributed by atoms with Gasteiger partial charge >= 0.3 is 0 Å². The highest BCUT2D eigenvalue weighted by Crippen LogP contribution is 2.19. The van der Waals surface area contributed by atoms with Gasteiger partial charge in [0, 0.05) is 37.0 Å². The third kappa shape index (κ3) is 6.25. The highest BCUT2D eigenvalue weighted by atomic mass is 16.5. The molecule has 1 atom stereocenters. The Bertz CT molecular complexity index is 1230. The van der Waals surface area contributed by atoms with Crippen LogP contribution in [-0.2, 0) is 29.0 Å². The number of H-pyrrole nitrogens is 1. The molecule has 2 amide bonds. The fourth-order valence-corrected chi connectivity index (χ4v) is 3.92. The van der Waals surface area contributed by atoms with E-state index in [1.165, 1.54) is 6.92 Å². The number of carbonyl (C=O) groups excluding carboxylic acids is 2. The molecule has 3 aromatic carbocycles. The number of hydrogen-bond donors (Lipinski definition) is 3. The van der Waals surface area contributed by atoms with Gasteiger partial charge in [0.25, 0.3) is 0 Å². The smallest absolute Gasteiger partial charge is 0.242 e. The number of amides is 2. The van der Waals surface area contributed by atoms with Crippen LogP contribution in [0.5, 0.6) is 5.75 Å². The number of ether oxygens (including phenoxy) is 1. The molecule has 0 aliphatic heterocycles. The summed E-state index contributed by atoms with van der Waals surface area (Å²) in [4.78, 5) is 27.8. The second kappa shape index (κ2) is 11.2. The molecule has 0 saturated heterocycles. The van der Waals surface area contributed by atoms with E-state index in [4.69, 9.17) is 4.74 Å². The van der Waals surface area contributed by atoms with Crippen molar-refractivity contribution >= 4 is 22.7 Å². The molecule has 34 heavy (non-hydrogen) atoms. The van der Waals surface area contributed by atoms with Crippen molar-refractivity contribution in [2.24, 2.45) is 0 Å². The quantitative estimate of drug-likeness (QED) is 0.336. The minimum absolute atomic E-state index is 0.191. The Morgan fingerprint density at radius 3 is 2.41 bits per heavy atom. The second-order valence-corrected chi connectivity index (χ2v) is 8.28. The molecule has 0 fully saturated rings. The summed E-state index contributed by atoms with van der Waals surface area (Å²) in [6, 6.07) is 25.2. The lowest BCUT2D eigenvalue weighted by molar-refractivity contribution is -0.128. The largest absolute Gasteiger partial charge is 0.489 e. The zero-order valence-electron chi connectivity index (χ0n) is 19.2. The van der Waals surface area contributed by atoms with E-state index in [1.54, 1.807) is 0 Å². The lowest BCUT2D eigenvalue weighted by Gasteiger charge is -2.17. The molecular weight excluding hydrogens is 426 g/mol. The predicted molar refractivity (Wildman–Crippen MR) is 134 cm³/mol. The molecule has 0 spiro atoms. The van der Waals surface area contributed by atoms with Crippen molar-refractivity contribution in [2.75, 3.05) is 6.54 Å². The normalized spacial score (nSPS) is 11.7. The first-order chi connectivity index (χ1) is 16.6. The first-order valence-electron chi connectivity index (χ1n) is 11.4. The van der Waals surface area contributed by atoms with Crippen LogP contribution in [0.3, 0.4) is 0 Å². The molecule has 1 heterocycles.